The Balaban J connectivity index is 1.93. The second kappa shape index (κ2) is 4.81. The first kappa shape index (κ1) is 13.0. The highest BCUT2D eigenvalue weighted by atomic mass is 16.5. The molecule has 0 aliphatic carbocycles. The zero-order valence-electron chi connectivity index (χ0n) is 11.3. The second-order valence-electron chi connectivity index (χ2n) is 5.38. The number of anilines is 1. The van der Waals surface area contributed by atoms with E-state index < -0.39 is 6.09 Å². The van der Waals surface area contributed by atoms with Crippen molar-refractivity contribution in [1.29, 1.82) is 0 Å². The van der Waals surface area contributed by atoms with Gasteiger partial charge in [0.15, 0.2) is 0 Å². The summed E-state index contributed by atoms with van der Waals surface area (Å²) >= 11 is 0. The number of fused-ring (bicyclic) bond motifs is 1. The molecule has 7 nitrogen and oxygen atoms in total. The van der Waals surface area contributed by atoms with Gasteiger partial charge in [0, 0.05) is 25.4 Å². The van der Waals surface area contributed by atoms with Crippen molar-refractivity contribution >= 4 is 17.9 Å². The number of carbonyl (C=O) groups excluding carboxylic acids is 1. The second-order valence-corrected chi connectivity index (χ2v) is 5.38. The van der Waals surface area contributed by atoms with Crippen molar-refractivity contribution in [1.82, 2.24) is 10.1 Å². The standard InChI is InChI=1S/C13H17N3O4/c1-8-6-10-9(7-16(8)13(18)19)12(20-14-10)15-5-3-2-4-11(15)17/h8H,2-7H2,1H3,(H,18,19)/t8-/m0/s1. The van der Waals surface area contributed by atoms with Crippen molar-refractivity contribution in [3.05, 3.63) is 11.3 Å². The Bertz CT molecular complexity index is 554. The van der Waals surface area contributed by atoms with Crippen LogP contribution in [0.2, 0.25) is 0 Å². The highest BCUT2D eigenvalue weighted by Crippen LogP contribution is 2.33. The lowest BCUT2D eigenvalue weighted by Gasteiger charge is -2.31. The number of amides is 2. The summed E-state index contributed by atoms with van der Waals surface area (Å²) in [7, 11) is 0. The molecule has 3 rings (SSSR count). The Morgan fingerprint density at radius 3 is 2.95 bits per heavy atom. The molecule has 1 aromatic heterocycles. The van der Waals surface area contributed by atoms with Crippen molar-refractivity contribution in [2.24, 2.45) is 0 Å². The predicted octanol–water partition coefficient (Wildman–Crippen LogP) is 1.62. The zero-order valence-corrected chi connectivity index (χ0v) is 11.3. The van der Waals surface area contributed by atoms with Gasteiger partial charge in [-0.15, -0.1) is 0 Å². The summed E-state index contributed by atoms with van der Waals surface area (Å²) in [5.41, 5.74) is 1.50. The van der Waals surface area contributed by atoms with Gasteiger partial charge in [0.2, 0.25) is 11.8 Å². The van der Waals surface area contributed by atoms with Crippen LogP contribution >= 0.6 is 0 Å². The molecular formula is C13H17N3O4. The maximum atomic E-state index is 12.0. The van der Waals surface area contributed by atoms with Crippen LogP contribution in [0.25, 0.3) is 0 Å². The molecule has 1 saturated heterocycles. The molecule has 0 radical (unpaired) electrons. The Hall–Kier alpha value is -2.05. The summed E-state index contributed by atoms with van der Waals surface area (Å²) in [5, 5.41) is 13.2. The summed E-state index contributed by atoms with van der Waals surface area (Å²) in [6.07, 6.45) is 1.89. The van der Waals surface area contributed by atoms with Crippen molar-refractivity contribution < 1.29 is 19.2 Å². The van der Waals surface area contributed by atoms with Crippen LogP contribution in [0.3, 0.4) is 0 Å². The van der Waals surface area contributed by atoms with Crippen LogP contribution in [0, 0.1) is 0 Å². The summed E-state index contributed by atoms with van der Waals surface area (Å²) in [4.78, 5) is 26.2. The maximum Gasteiger partial charge on any atom is 0.407 e. The molecule has 108 valence electrons. The molecule has 3 heterocycles. The van der Waals surface area contributed by atoms with E-state index >= 15 is 0 Å². The van der Waals surface area contributed by atoms with Crippen LogP contribution in [-0.4, -0.2) is 39.8 Å². The maximum absolute atomic E-state index is 12.0. The highest BCUT2D eigenvalue weighted by molar-refractivity contribution is 5.93. The van der Waals surface area contributed by atoms with E-state index in [0.717, 1.165) is 24.1 Å². The first-order valence-electron chi connectivity index (χ1n) is 6.85. The van der Waals surface area contributed by atoms with E-state index in [1.54, 1.807) is 4.90 Å². The lowest BCUT2D eigenvalue weighted by atomic mass is 10.0. The van der Waals surface area contributed by atoms with Gasteiger partial charge in [-0.25, -0.2) is 4.79 Å². The van der Waals surface area contributed by atoms with Gasteiger partial charge in [-0.1, -0.05) is 5.16 Å². The summed E-state index contributed by atoms with van der Waals surface area (Å²) in [6.45, 7) is 2.69. The smallest absolute Gasteiger partial charge is 0.407 e. The molecule has 7 heteroatoms. The minimum atomic E-state index is -0.958. The van der Waals surface area contributed by atoms with Gasteiger partial charge in [-0.05, 0) is 19.8 Å². The van der Waals surface area contributed by atoms with Gasteiger partial charge in [-0.2, -0.15) is 0 Å². The van der Waals surface area contributed by atoms with E-state index in [4.69, 9.17) is 4.52 Å². The largest absolute Gasteiger partial charge is 0.465 e. The van der Waals surface area contributed by atoms with Gasteiger partial charge in [-0.3, -0.25) is 9.69 Å². The molecule has 2 aliphatic heterocycles. The third kappa shape index (κ3) is 2.03. The van der Waals surface area contributed by atoms with Crippen LogP contribution in [-0.2, 0) is 17.8 Å². The molecule has 0 bridgehead atoms. The van der Waals surface area contributed by atoms with Crippen LogP contribution in [0.15, 0.2) is 4.52 Å². The molecule has 1 aromatic rings. The normalized spacial score (nSPS) is 22.9. The average molecular weight is 279 g/mol. The molecule has 1 fully saturated rings. The number of hydrogen-bond acceptors (Lipinski definition) is 4. The van der Waals surface area contributed by atoms with Crippen molar-refractivity contribution in [2.75, 3.05) is 11.4 Å². The fourth-order valence-corrected chi connectivity index (χ4v) is 2.86. The third-order valence-electron chi connectivity index (χ3n) is 4.01. The Labute approximate surface area is 116 Å². The lowest BCUT2D eigenvalue weighted by Crippen LogP contribution is -2.42. The van der Waals surface area contributed by atoms with Crippen LogP contribution in [0.5, 0.6) is 0 Å². The number of carbonyl (C=O) groups is 2. The Morgan fingerprint density at radius 1 is 1.45 bits per heavy atom. The van der Waals surface area contributed by atoms with Gasteiger partial charge >= 0.3 is 6.09 Å². The lowest BCUT2D eigenvalue weighted by molar-refractivity contribution is -0.119. The van der Waals surface area contributed by atoms with Crippen molar-refractivity contribution in [3.8, 4) is 0 Å². The molecule has 20 heavy (non-hydrogen) atoms. The fourth-order valence-electron chi connectivity index (χ4n) is 2.86. The number of nitrogens with zero attached hydrogens (tertiary/aromatic N) is 3. The third-order valence-corrected chi connectivity index (χ3v) is 4.01. The molecule has 0 saturated carbocycles. The van der Waals surface area contributed by atoms with E-state index in [0.29, 0.717) is 25.3 Å². The molecule has 2 aliphatic rings. The summed E-state index contributed by atoms with van der Waals surface area (Å²) in [5.74, 6) is 0.457. The summed E-state index contributed by atoms with van der Waals surface area (Å²) in [6, 6.07) is -0.130. The van der Waals surface area contributed by atoms with E-state index in [1.807, 2.05) is 6.92 Å². The van der Waals surface area contributed by atoms with Crippen LogP contribution in [0.4, 0.5) is 10.7 Å². The highest BCUT2D eigenvalue weighted by Gasteiger charge is 2.35. The number of piperidine rings is 1. The van der Waals surface area contributed by atoms with E-state index in [9.17, 15) is 14.7 Å². The van der Waals surface area contributed by atoms with Gasteiger partial charge in [0.25, 0.3) is 0 Å². The molecule has 1 atom stereocenters. The number of rotatable bonds is 1. The first-order chi connectivity index (χ1) is 9.58. The van der Waals surface area contributed by atoms with Crippen molar-refractivity contribution in [3.63, 3.8) is 0 Å². The summed E-state index contributed by atoms with van der Waals surface area (Å²) < 4.78 is 5.34. The molecule has 0 aromatic carbocycles. The minimum Gasteiger partial charge on any atom is -0.465 e. The van der Waals surface area contributed by atoms with Gasteiger partial charge in [0.1, 0.15) is 0 Å². The predicted molar refractivity (Wildman–Crippen MR) is 69.4 cm³/mol. The van der Waals surface area contributed by atoms with E-state index in [1.165, 1.54) is 4.90 Å². The molecule has 0 unspecified atom stereocenters. The average Bonchev–Trinajstić information content (AvgIpc) is 2.80. The van der Waals surface area contributed by atoms with E-state index in [-0.39, 0.29) is 18.5 Å². The van der Waals surface area contributed by atoms with E-state index in [2.05, 4.69) is 5.16 Å². The quantitative estimate of drug-likeness (QED) is 0.844. The first-order valence-corrected chi connectivity index (χ1v) is 6.85. The minimum absolute atomic E-state index is 0.0238. The molecule has 2 amide bonds. The Morgan fingerprint density at radius 2 is 2.25 bits per heavy atom. The number of hydrogen-bond donors (Lipinski definition) is 1. The SMILES string of the molecule is C[C@H]1Cc2noc(N3CCCCC3=O)c2CN1C(=O)O. The van der Waals surface area contributed by atoms with Gasteiger partial charge < -0.3 is 14.5 Å². The zero-order chi connectivity index (χ0) is 14.3. The number of aromatic nitrogens is 1. The topological polar surface area (TPSA) is 86.9 Å². The molecular weight excluding hydrogens is 262 g/mol. The molecule has 0 spiro atoms. The fraction of sp³-hybridized carbons (Fsp3) is 0.615. The Kier molecular flexibility index (Phi) is 3.11. The number of carboxylic acid groups (broad SMARTS) is 1. The molecule has 1 N–H and O–H groups in total. The van der Waals surface area contributed by atoms with Crippen LogP contribution in [0.1, 0.15) is 37.4 Å². The van der Waals surface area contributed by atoms with Gasteiger partial charge in [0.05, 0.1) is 17.8 Å². The van der Waals surface area contributed by atoms with Crippen molar-refractivity contribution in [2.45, 2.75) is 45.2 Å². The van der Waals surface area contributed by atoms with Crippen LogP contribution < -0.4 is 4.90 Å². The monoisotopic (exact) mass is 279 g/mol.